The van der Waals surface area contributed by atoms with Gasteiger partial charge in [0.05, 0.1) is 11.3 Å². The monoisotopic (exact) mass is 537 g/mol. The lowest BCUT2D eigenvalue weighted by Gasteiger charge is -2.40. The number of hydrogen-bond donors (Lipinski definition) is 3. The number of aromatic nitrogens is 4. The van der Waals surface area contributed by atoms with Crippen LogP contribution in [0.2, 0.25) is 5.02 Å². The molecule has 3 N–H and O–H groups in total. The molecule has 1 atom stereocenters. The van der Waals surface area contributed by atoms with Crippen molar-refractivity contribution >= 4 is 47.1 Å². The first-order valence-corrected chi connectivity index (χ1v) is 12.0. The lowest BCUT2D eigenvalue weighted by molar-refractivity contribution is -0.135. The van der Waals surface area contributed by atoms with E-state index in [0.29, 0.717) is 41.5 Å². The minimum atomic E-state index is -1.08. The van der Waals surface area contributed by atoms with Gasteiger partial charge in [0, 0.05) is 42.4 Å². The van der Waals surface area contributed by atoms with Crippen LogP contribution in [-0.2, 0) is 14.4 Å². The van der Waals surface area contributed by atoms with Crippen molar-refractivity contribution < 1.29 is 24.3 Å². The summed E-state index contributed by atoms with van der Waals surface area (Å²) < 4.78 is 1.43. The first kappa shape index (κ1) is 26.5. The van der Waals surface area contributed by atoms with Gasteiger partial charge in [-0.1, -0.05) is 11.6 Å². The molecule has 0 spiro atoms. The van der Waals surface area contributed by atoms with Gasteiger partial charge in [-0.05, 0) is 71.3 Å². The largest absolute Gasteiger partial charge is 0.478 e. The van der Waals surface area contributed by atoms with Crippen molar-refractivity contribution in [2.45, 2.75) is 19.4 Å². The fourth-order valence-corrected chi connectivity index (χ4v) is 4.17. The number of halogens is 1. The van der Waals surface area contributed by atoms with Gasteiger partial charge in [-0.15, -0.1) is 5.10 Å². The average molecular weight is 538 g/mol. The Morgan fingerprint density at radius 3 is 2.53 bits per heavy atom. The Kier molecular flexibility index (Phi) is 8.12. The molecule has 13 heteroatoms. The summed E-state index contributed by atoms with van der Waals surface area (Å²) in [5.41, 5.74) is 1.65. The van der Waals surface area contributed by atoms with Crippen LogP contribution in [-0.4, -0.2) is 73.0 Å². The van der Waals surface area contributed by atoms with Crippen LogP contribution in [0.1, 0.15) is 29.3 Å². The second-order valence-electron chi connectivity index (χ2n) is 8.75. The van der Waals surface area contributed by atoms with E-state index in [-0.39, 0.29) is 17.4 Å². The molecule has 0 saturated carbocycles. The van der Waals surface area contributed by atoms with Crippen molar-refractivity contribution in [3.8, 4) is 5.69 Å². The Hall–Kier alpha value is -4.58. The maximum Gasteiger partial charge on any atom is 0.335 e. The molecular formula is C25H24ClN7O5. The maximum absolute atomic E-state index is 13.1. The highest BCUT2D eigenvalue weighted by Gasteiger charge is 2.33. The summed E-state index contributed by atoms with van der Waals surface area (Å²) in [6.45, 7) is 2.47. The summed E-state index contributed by atoms with van der Waals surface area (Å²) in [4.78, 5) is 50.2. The summed E-state index contributed by atoms with van der Waals surface area (Å²) in [6.07, 6.45) is 4.55. The average Bonchev–Trinajstić information content (AvgIpc) is 3.38. The van der Waals surface area contributed by atoms with Crippen LogP contribution in [0.25, 0.3) is 11.8 Å². The standard InChI is InChI=1S/C25H24ClN7O5/c1-15(34)32-12-16(13-32)10-21(24(36)28-20-6-2-17(3-7-20)25(37)38)29-23(35)9-4-18-11-19(26)5-8-22(18)33-14-27-30-31-33/h2-9,11,14,16,21H,10,12-13H2,1H3,(H,28,36)(H,29,35)(H,37,38)/t21-/m0/s1. The second-order valence-corrected chi connectivity index (χ2v) is 9.19. The number of rotatable bonds is 9. The molecule has 3 aromatic rings. The van der Waals surface area contributed by atoms with E-state index in [1.54, 1.807) is 29.2 Å². The number of likely N-dealkylation sites (tertiary alicyclic amines) is 1. The van der Waals surface area contributed by atoms with Crippen molar-refractivity contribution in [1.29, 1.82) is 0 Å². The van der Waals surface area contributed by atoms with Crippen molar-refractivity contribution in [1.82, 2.24) is 30.4 Å². The number of carbonyl (C=O) groups excluding carboxylic acids is 3. The molecule has 0 aliphatic carbocycles. The fraction of sp³-hybridized carbons (Fsp3) is 0.240. The molecule has 4 rings (SSSR count). The SMILES string of the molecule is CC(=O)N1CC(C[C@H](NC(=O)C=Cc2cc(Cl)ccc2-n2cnnn2)C(=O)Nc2ccc(C(=O)O)cc2)C1. The van der Waals surface area contributed by atoms with E-state index in [0.717, 1.165) is 0 Å². The zero-order valence-corrected chi connectivity index (χ0v) is 21.0. The van der Waals surface area contributed by atoms with Gasteiger partial charge in [0.25, 0.3) is 0 Å². The molecule has 0 bridgehead atoms. The van der Waals surface area contributed by atoms with Gasteiger partial charge in [0.1, 0.15) is 12.4 Å². The molecule has 1 aliphatic rings. The normalized spacial score (nSPS) is 14.1. The number of amides is 3. The van der Waals surface area contributed by atoms with Crippen LogP contribution in [0.4, 0.5) is 5.69 Å². The summed E-state index contributed by atoms with van der Waals surface area (Å²) in [6, 6.07) is 9.82. The van der Waals surface area contributed by atoms with Gasteiger partial charge >= 0.3 is 5.97 Å². The first-order valence-electron chi connectivity index (χ1n) is 11.6. The van der Waals surface area contributed by atoms with E-state index in [9.17, 15) is 19.2 Å². The highest BCUT2D eigenvalue weighted by Crippen LogP contribution is 2.22. The molecule has 0 unspecified atom stereocenters. The molecule has 2 heterocycles. The zero-order valence-electron chi connectivity index (χ0n) is 20.2. The van der Waals surface area contributed by atoms with Crippen LogP contribution in [0.15, 0.2) is 54.9 Å². The van der Waals surface area contributed by atoms with E-state index < -0.39 is 23.8 Å². The molecule has 1 saturated heterocycles. The predicted octanol–water partition coefficient (Wildman–Crippen LogP) is 2.02. The minimum absolute atomic E-state index is 0.0349. The number of aromatic carboxylic acids is 1. The van der Waals surface area contributed by atoms with Crippen molar-refractivity contribution in [3.05, 3.63) is 71.0 Å². The molecule has 38 heavy (non-hydrogen) atoms. The molecule has 0 radical (unpaired) electrons. The zero-order chi connectivity index (χ0) is 27.2. The second kappa shape index (κ2) is 11.6. The van der Waals surface area contributed by atoms with E-state index >= 15 is 0 Å². The topological polar surface area (TPSA) is 159 Å². The van der Waals surface area contributed by atoms with E-state index in [2.05, 4.69) is 26.2 Å². The molecule has 1 aliphatic heterocycles. The summed E-state index contributed by atoms with van der Waals surface area (Å²) >= 11 is 6.13. The van der Waals surface area contributed by atoms with Crippen molar-refractivity contribution in [2.24, 2.45) is 5.92 Å². The predicted molar refractivity (Wildman–Crippen MR) is 138 cm³/mol. The van der Waals surface area contributed by atoms with Gasteiger partial charge < -0.3 is 20.6 Å². The van der Waals surface area contributed by atoms with Crippen LogP contribution in [0.5, 0.6) is 0 Å². The fourth-order valence-electron chi connectivity index (χ4n) is 3.99. The first-order chi connectivity index (χ1) is 18.2. The quantitative estimate of drug-likeness (QED) is 0.349. The lowest BCUT2D eigenvalue weighted by atomic mass is 9.91. The van der Waals surface area contributed by atoms with Crippen LogP contribution in [0.3, 0.4) is 0 Å². The molecule has 1 fully saturated rings. The molecule has 3 amide bonds. The maximum atomic E-state index is 13.1. The molecule has 2 aromatic carbocycles. The third-order valence-corrected chi connectivity index (χ3v) is 6.24. The van der Waals surface area contributed by atoms with Gasteiger partial charge in [0.15, 0.2) is 0 Å². The highest BCUT2D eigenvalue weighted by atomic mass is 35.5. The Bertz CT molecular complexity index is 1370. The lowest BCUT2D eigenvalue weighted by Crippen LogP contribution is -2.53. The molecule has 12 nitrogen and oxygen atoms in total. The van der Waals surface area contributed by atoms with E-state index in [1.807, 2.05) is 0 Å². The van der Waals surface area contributed by atoms with E-state index in [1.165, 1.54) is 48.3 Å². The van der Waals surface area contributed by atoms with Gasteiger partial charge in [-0.2, -0.15) is 4.68 Å². The Balaban J connectivity index is 1.47. The Morgan fingerprint density at radius 2 is 1.89 bits per heavy atom. The number of tetrazole rings is 1. The van der Waals surface area contributed by atoms with Crippen LogP contribution in [0, 0.1) is 5.92 Å². The number of carboxylic acids is 1. The smallest absolute Gasteiger partial charge is 0.335 e. The molecular weight excluding hydrogens is 514 g/mol. The highest BCUT2D eigenvalue weighted by molar-refractivity contribution is 6.30. The van der Waals surface area contributed by atoms with Gasteiger partial charge in [0.2, 0.25) is 17.7 Å². The number of benzene rings is 2. The number of carboxylic acid groups (broad SMARTS) is 1. The number of anilines is 1. The van der Waals surface area contributed by atoms with Crippen molar-refractivity contribution in [2.75, 3.05) is 18.4 Å². The number of carbonyl (C=O) groups is 4. The minimum Gasteiger partial charge on any atom is -0.478 e. The molecule has 196 valence electrons. The van der Waals surface area contributed by atoms with E-state index in [4.69, 9.17) is 16.7 Å². The Morgan fingerprint density at radius 1 is 1.16 bits per heavy atom. The van der Waals surface area contributed by atoms with Crippen LogP contribution >= 0.6 is 11.6 Å². The number of hydrogen-bond acceptors (Lipinski definition) is 7. The summed E-state index contributed by atoms with van der Waals surface area (Å²) in [5, 5.41) is 26.1. The van der Waals surface area contributed by atoms with Crippen molar-refractivity contribution in [3.63, 3.8) is 0 Å². The summed E-state index contributed by atoms with van der Waals surface area (Å²) in [5.74, 6) is -2.08. The third kappa shape index (κ3) is 6.59. The third-order valence-electron chi connectivity index (χ3n) is 6.00. The van der Waals surface area contributed by atoms with Gasteiger partial charge in [-0.25, -0.2) is 4.79 Å². The number of nitrogens with zero attached hydrogens (tertiary/aromatic N) is 5. The summed E-state index contributed by atoms with van der Waals surface area (Å²) in [7, 11) is 0. The molecule has 1 aromatic heterocycles. The Labute approximate surface area is 222 Å². The van der Waals surface area contributed by atoms with Crippen LogP contribution < -0.4 is 10.6 Å². The number of nitrogens with one attached hydrogen (secondary N) is 2. The van der Waals surface area contributed by atoms with Gasteiger partial charge in [-0.3, -0.25) is 14.4 Å².